The minimum atomic E-state index is -0.913. The Morgan fingerprint density at radius 1 is 1.24 bits per heavy atom. The van der Waals surface area contributed by atoms with Gasteiger partial charge in [-0.15, -0.1) is 10.2 Å². The minimum absolute atomic E-state index is 0.0250. The van der Waals surface area contributed by atoms with Gasteiger partial charge in [0.1, 0.15) is 18.3 Å². The van der Waals surface area contributed by atoms with Crippen LogP contribution in [0, 0.1) is 6.92 Å². The number of hydrogen-bond acceptors (Lipinski definition) is 8. The Bertz CT molecular complexity index is 1080. The molecule has 1 saturated carbocycles. The lowest BCUT2D eigenvalue weighted by molar-refractivity contribution is -0.142. The van der Waals surface area contributed by atoms with Gasteiger partial charge in [-0.1, -0.05) is 12.8 Å². The molecule has 0 bridgehead atoms. The van der Waals surface area contributed by atoms with Gasteiger partial charge in [-0.05, 0) is 54.8 Å². The van der Waals surface area contributed by atoms with Crippen molar-refractivity contribution >= 4 is 11.8 Å². The van der Waals surface area contributed by atoms with E-state index in [-0.39, 0.29) is 37.5 Å². The van der Waals surface area contributed by atoms with E-state index in [4.69, 9.17) is 4.42 Å². The average Bonchev–Trinajstić information content (AvgIpc) is 3.57. The van der Waals surface area contributed by atoms with Crippen LogP contribution in [0.2, 0.25) is 0 Å². The third kappa shape index (κ3) is 5.43. The second-order valence-electron chi connectivity index (χ2n) is 8.04. The Hall–Kier alpha value is -3.60. The zero-order valence-electron chi connectivity index (χ0n) is 18.4. The first-order chi connectivity index (χ1) is 16.0. The molecule has 0 spiro atoms. The number of nitrogens with one attached hydrogen (secondary N) is 1. The Labute approximate surface area is 190 Å². The summed E-state index contributed by atoms with van der Waals surface area (Å²) < 4.78 is 5.50. The third-order valence-corrected chi connectivity index (χ3v) is 5.63. The highest BCUT2D eigenvalue weighted by atomic mass is 16.3. The number of aryl methyl sites for hydroxylation is 1. The third-order valence-electron chi connectivity index (χ3n) is 5.63. The number of furan rings is 1. The molecule has 174 valence electrons. The largest absolute Gasteiger partial charge is 0.458 e. The van der Waals surface area contributed by atoms with E-state index in [1.165, 1.54) is 4.90 Å². The number of carbonyl (C=O) groups is 2. The topological polar surface area (TPSA) is 139 Å². The van der Waals surface area contributed by atoms with E-state index in [0.29, 0.717) is 17.1 Å². The number of amides is 2. The molecule has 3 aromatic heterocycles. The summed E-state index contributed by atoms with van der Waals surface area (Å²) in [6.07, 6.45) is 7.12. The van der Waals surface area contributed by atoms with Gasteiger partial charge < -0.3 is 19.7 Å². The number of aromatic nitrogens is 5. The molecule has 0 radical (unpaired) electrons. The molecular formula is C22H27N7O4. The highest BCUT2D eigenvalue weighted by molar-refractivity contribution is 5.88. The lowest BCUT2D eigenvalue weighted by Gasteiger charge is -2.31. The summed E-state index contributed by atoms with van der Waals surface area (Å²) in [4.78, 5) is 33.1. The maximum atomic E-state index is 13.3. The number of rotatable bonds is 9. The lowest BCUT2D eigenvalue weighted by Crippen LogP contribution is -2.48. The van der Waals surface area contributed by atoms with Crippen LogP contribution in [0.4, 0.5) is 0 Å². The highest BCUT2D eigenvalue weighted by Crippen LogP contribution is 2.24. The van der Waals surface area contributed by atoms with Crippen LogP contribution in [0.25, 0.3) is 11.6 Å². The molecule has 1 aliphatic rings. The van der Waals surface area contributed by atoms with E-state index in [2.05, 4.69) is 25.7 Å². The standard InChI is InChI=1S/C22H27N7O4/c1-15-6-7-18(33-15)21-25-27-29(26-21)14-19(31)28(12-13-30)20(16-8-10-23-11-9-16)22(32)24-17-4-2-3-5-17/h6-11,17,20,30H,2-5,12-14H2,1H3,(H,24,32)/t20-/m0/s1. The minimum Gasteiger partial charge on any atom is -0.458 e. The number of carbonyl (C=O) groups excluding carboxylic acids is 2. The van der Waals surface area contributed by atoms with Crippen molar-refractivity contribution in [3.8, 4) is 11.6 Å². The zero-order chi connectivity index (χ0) is 23.2. The predicted molar refractivity (Wildman–Crippen MR) is 116 cm³/mol. The summed E-state index contributed by atoms with van der Waals surface area (Å²) in [5, 5.41) is 24.8. The Morgan fingerprint density at radius 3 is 2.67 bits per heavy atom. The average molecular weight is 454 g/mol. The molecule has 1 aliphatic carbocycles. The van der Waals surface area contributed by atoms with Gasteiger partial charge in [0.25, 0.3) is 0 Å². The second kappa shape index (κ2) is 10.3. The summed E-state index contributed by atoms with van der Waals surface area (Å²) in [5.41, 5.74) is 0.612. The summed E-state index contributed by atoms with van der Waals surface area (Å²) >= 11 is 0. The molecule has 0 unspecified atom stereocenters. The summed E-state index contributed by atoms with van der Waals surface area (Å²) in [6.45, 7) is 1.24. The molecule has 2 amide bonds. The summed E-state index contributed by atoms with van der Waals surface area (Å²) in [5.74, 6) is 0.707. The molecule has 1 atom stereocenters. The molecule has 0 aliphatic heterocycles. The molecule has 1 fully saturated rings. The zero-order valence-corrected chi connectivity index (χ0v) is 18.4. The van der Waals surface area contributed by atoms with Gasteiger partial charge in [0.05, 0.1) is 6.61 Å². The number of pyridine rings is 1. The molecule has 33 heavy (non-hydrogen) atoms. The molecule has 0 aromatic carbocycles. The molecular weight excluding hydrogens is 426 g/mol. The van der Waals surface area contributed by atoms with Crippen LogP contribution in [0.1, 0.15) is 43.0 Å². The number of tetrazole rings is 1. The fraction of sp³-hybridized carbons (Fsp3) is 0.455. The summed E-state index contributed by atoms with van der Waals surface area (Å²) in [6, 6.07) is 6.08. The Kier molecular flexibility index (Phi) is 7.08. The number of aliphatic hydroxyl groups is 1. The predicted octanol–water partition coefficient (Wildman–Crippen LogP) is 1.26. The van der Waals surface area contributed by atoms with Crippen LogP contribution in [-0.2, 0) is 16.1 Å². The van der Waals surface area contributed by atoms with Gasteiger partial charge in [-0.2, -0.15) is 4.80 Å². The Balaban J connectivity index is 1.55. The van der Waals surface area contributed by atoms with Crippen molar-refractivity contribution in [3.63, 3.8) is 0 Å². The van der Waals surface area contributed by atoms with E-state index in [9.17, 15) is 14.7 Å². The van der Waals surface area contributed by atoms with E-state index >= 15 is 0 Å². The van der Waals surface area contributed by atoms with Crippen LogP contribution in [-0.4, -0.2) is 66.2 Å². The molecule has 11 heteroatoms. The van der Waals surface area contributed by atoms with Crippen molar-refractivity contribution < 1.29 is 19.1 Å². The molecule has 11 nitrogen and oxygen atoms in total. The molecule has 3 aromatic rings. The van der Waals surface area contributed by atoms with Crippen molar-refractivity contribution in [1.82, 2.24) is 35.4 Å². The van der Waals surface area contributed by atoms with Gasteiger partial charge in [-0.3, -0.25) is 14.6 Å². The molecule has 2 N–H and O–H groups in total. The van der Waals surface area contributed by atoms with E-state index in [1.807, 2.05) is 0 Å². The van der Waals surface area contributed by atoms with Crippen molar-refractivity contribution in [2.75, 3.05) is 13.2 Å². The Morgan fingerprint density at radius 2 is 2.00 bits per heavy atom. The lowest BCUT2D eigenvalue weighted by atomic mass is 10.0. The molecule has 3 heterocycles. The van der Waals surface area contributed by atoms with Gasteiger partial charge in [-0.25, -0.2) is 0 Å². The smallest absolute Gasteiger partial charge is 0.247 e. The highest BCUT2D eigenvalue weighted by Gasteiger charge is 2.33. The first-order valence-corrected chi connectivity index (χ1v) is 11.0. The maximum Gasteiger partial charge on any atom is 0.247 e. The van der Waals surface area contributed by atoms with Crippen molar-refractivity contribution in [3.05, 3.63) is 48.0 Å². The van der Waals surface area contributed by atoms with Gasteiger partial charge in [0.2, 0.25) is 17.6 Å². The number of aliphatic hydroxyl groups excluding tert-OH is 1. The maximum absolute atomic E-state index is 13.3. The quantitative estimate of drug-likeness (QED) is 0.494. The normalized spacial score (nSPS) is 14.8. The van der Waals surface area contributed by atoms with E-state index < -0.39 is 11.9 Å². The SMILES string of the molecule is Cc1ccc(-c2nnn(CC(=O)N(CCO)[C@H](C(=O)NC3CCCC3)c3ccncc3)n2)o1. The number of hydrogen-bond donors (Lipinski definition) is 2. The first-order valence-electron chi connectivity index (χ1n) is 11.0. The van der Waals surface area contributed by atoms with Crippen LogP contribution < -0.4 is 5.32 Å². The van der Waals surface area contributed by atoms with Crippen molar-refractivity contribution in [1.29, 1.82) is 0 Å². The van der Waals surface area contributed by atoms with E-state index in [0.717, 1.165) is 30.5 Å². The summed E-state index contributed by atoms with van der Waals surface area (Å²) in [7, 11) is 0. The number of nitrogens with zero attached hydrogens (tertiary/aromatic N) is 6. The van der Waals surface area contributed by atoms with Crippen molar-refractivity contribution in [2.45, 2.75) is 51.2 Å². The van der Waals surface area contributed by atoms with Gasteiger partial charge in [0.15, 0.2) is 5.76 Å². The van der Waals surface area contributed by atoms with E-state index in [1.54, 1.807) is 43.6 Å². The molecule has 0 saturated heterocycles. The first kappa shape index (κ1) is 22.6. The van der Waals surface area contributed by atoms with Crippen LogP contribution in [0.5, 0.6) is 0 Å². The van der Waals surface area contributed by atoms with Crippen LogP contribution >= 0.6 is 0 Å². The van der Waals surface area contributed by atoms with Crippen molar-refractivity contribution in [2.24, 2.45) is 0 Å². The van der Waals surface area contributed by atoms with Gasteiger partial charge >= 0.3 is 0 Å². The molecule has 4 rings (SSSR count). The monoisotopic (exact) mass is 453 g/mol. The second-order valence-corrected chi connectivity index (χ2v) is 8.04. The van der Waals surface area contributed by atoms with Crippen LogP contribution in [0.3, 0.4) is 0 Å². The fourth-order valence-electron chi connectivity index (χ4n) is 4.05. The fourth-order valence-corrected chi connectivity index (χ4v) is 4.05. The van der Waals surface area contributed by atoms with Gasteiger partial charge in [0, 0.05) is 25.0 Å². The van der Waals surface area contributed by atoms with Crippen LogP contribution in [0.15, 0.2) is 41.1 Å².